The fraction of sp³-hybridized carbons (Fsp3) is 0.600. The molecule has 6 heteroatoms. The van der Waals surface area contributed by atoms with Crippen molar-refractivity contribution < 1.29 is 13.5 Å². The van der Waals surface area contributed by atoms with E-state index in [1.807, 2.05) is 6.07 Å². The van der Waals surface area contributed by atoms with Crippen molar-refractivity contribution in [3.8, 4) is 5.75 Å². The van der Waals surface area contributed by atoms with Crippen LogP contribution >= 0.6 is 15.9 Å². The molecule has 0 spiro atoms. The molecule has 0 radical (unpaired) electrons. The summed E-state index contributed by atoms with van der Waals surface area (Å²) in [5, 5.41) is 3.45. The molecule has 3 nitrogen and oxygen atoms in total. The molecule has 0 amide bonds. The molecule has 1 heterocycles. The van der Waals surface area contributed by atoms with Gasteiger partial charge >= 0.3 is 6.61 Å². The monoisotopic (exact) mass is 362 g/mol. The quantitative estimate of drug-likeness (QED) is 0.836. The number of rotatable bonds is 6. The van der Waals surface area contributed by atoms with Crippen molar-refractivity contribution in [3.63, 3.8) is 0 Å². The lowest BCUT2D eigenvalue weighted by Crippen LogP contribution is -2.42. The predicted octanol–water partition coefficient (Wildman–Crippen LogP) is 3.62. The van der Waals surface area contributed by atoms with Crippen LogP contribution in [0.5, 0.6) is 5.75 Å². The van der Waals surface area contributed by atoms with Crippen LogP contribution in [-0.2, 0) is 6.54 Å². The van der Waals surface area contributed by atoms with Gasteiger partial charge in [-0.05, 0) is 50.7 Å². The highest BCUT2D eigenvalue weighted by atomic mass is 79.9. The summed E-state index contributed by atoms with van der Waals surface area (Å²) in [6.45, 7) is 3.18. The van der Waals surface area contributed by atoms with Gasteiger partial charge in [-0.25, -0.2) is 0 Å². The molecule has 1 saturated heterocycles. The molecule has 21 heavy (non-hydrogen) atoms. The molecule has 1 fully saturated rings. The molecule has 118 valence electrons. The minimum atomic E-state index is -2.79. The summed E-state index contributed by atoms with van der Waals surface area (Å²) in [7, 11) is 0. The van der Waals surface area contributed by atoms with Gasteiger partial charge in [0.25, 0.3) is 0 Å². The van der Waals surface area contributed by atoms with Crippen molar-refractivity contribution in [2.75, 3.05) is 19.6 Å². The van der Waals surface area contributed by atoms with Crippen LogP contribution < -0.4 is 10.1 Å². The Kier molecular flexibility index (Phi) is 6.39. The van der Waals surface area contributed by atoms with Crippen LogP contribution in [0, 0.1) is 0 Å². The van der Waals surface area contributed by atoms with E-state index in [-0.39, 0.29) is 5.75 Å². The van der Waals surface area contributed by atoms with Crippen LogP contribution in [0.4, 0.5) is 8.78 Å². The second-order valence-electron chi connectivity index (χ2n) is 5.22. The number of hydrogen-bond acceptors (Lipinski definition) is 3. The van der Waals surface area contributed by atoms with E-state index in [2.05, 4.69) is 37.8 Å². The minimum Gasteiger partial charge on any atom is -0.434 e. The SMILES string of the molecule is CCN1CCC(NCc2cc(Br)ccc2OC(F)F)CC1. The molecule has 1 aliphatic heterocycles. The zero-order valence-electron chi connectivity index (χ0n) is 12.1. The molecular weight excluding hydrogens is 342 g/mol. The van der Waals surface area contributed by atoms with Gasteiger partial charge in [0.2, 0.25) is 0 Å². The van der Waals surface area contributed by atoms with Crippen molar-refractivity contribution in [3.05, 3.63) is 28.2 Å². The predicted molar refractivity (Wildman–Crippen MR) is 82.7 cm³/mol. The lowest BCUT2D eigenvalue weighted by atomic mass is 10.0. The molecule has 0 saturated carbocycles. The van der Waals surface area contributed by atoms with Gasteiger partial charge in [0.05, 0.1) is 0 Å². The van der Waals surface area contributed by atoms with Crippen LogP contribution in [0.2, 0.25) is 0 Å². The molecule has 0 aromatic heterocycles. The van der Waals surface area contributed by atoms with E-state index in [4.69, 9.17) is 0 Å². The number of hydrogen-bond donors (Lipinski definition) is 1. The molecule has 1 aromatic rings. The highest BCUT2D eigenvalue weighted by molar-refractivity contribution is 9.10. The third kappa shape index (κ3) is 5.20. The van der Waals surface area contributed by atoms with Gasteiger partial charge in [-0.3, -0.25) is 0 Å². The zero-order chi connectivity index (χ0) is 15.2. The Bertz CT molecular complexity index is 451. The van der Waals surface area contributed by atoms with Crippen LogP contribution in [0.1, 0.15) is 25.3 Å². The van der Waals surface area contributed by atoms with Gasteiger partial charge in [0.1, 0.15) is 5.75 Å². The summed E-state index contributed by atoms with van der Waals surface area (Å²) < 4.78 is 30.3. The van der Waals surface area contributed by atoms with E-state index in [0.717, 1.165) is 42.5 Å². The lowest BCUT2D eigenvalue weighted by molar-refractivity contribution is -0.0505. The Hall–Kier alpha value is -0.720. The first-order valence-corrected chi connectivity index (χ1v) is 8.06. The van der Waals surface area contributed by atoms with Crippen LogP contribution in [0.3, 0.4) is 0 Å². The first-order chi connectivity index (χ1) is 10.1. The summed E-state index contributed by atoms with van der Waals surface area (Å²) in [5.74, 6) is 0.242. The summed E-state index contributed by atoms with van der Waals surface area (Å²) in [6, 6.07) is 5.55. The largest absolute Gasteiger partial charge is 0.434 e. The average Bonchev–Trinajstić information content (AvgIpc) is 2.47. The zero-order valence-corrected chi connectivity index (χ0v) is 13.7. The highest BCUT2D eigenvalue weighted by Gasteiger charge is 2.18. The third-order valence-electron chi connectivity index (χ3n) is 3.85. The summed E-state index contributed by atoms with van der Waals surface area (Å²) in [6.07, 6.45) is 2.18. The minimum absolute atomic E-state index is 0.242. The Morgan fingerprint density at radius 2 is 2.10 bits per heavy atom. The number of alkyl halides is 2. The molecule has 0 bridgehead atoms. The normalized spacial score (nSPS) is 17.4. The van der Waals surface area contributed by atoms with Gasteiger partial charge < -0.3 is 15.0 Å². The van der Waals surface area contributed by atoms with Crippen molar-refractivity contribution in [2.45, 2.75) is 39.0 Å². The van der Waals surface area contributed by atoms with Crippen molar-refractivity contribution >= 4 is 15.9 Å². The maximum Gasteiger partial charge on any atom is 0.387 e. The maximum atomic E-state index is 12.4. The number of halogens is 3. The fourth-order valence-electron chi connectivity index (χ4n) is 2.60. The number of nitrogens with one attached hydrogen (secondary N) is 1. The summed E-state index contributed by atoms with van der Waals surface area (Å²) in [4.78, 5) is 2.42. The molecule has 1 N–H and O–H groups in total. The lowest BCUT2D eigenvalue weighted by Gasteiger charge is -2.31. The van der Waals surface area contributed by atoms with Crippen LogP contribution in [-0.4, -0.2) is 37.2 Å². The first-order valence-electron chi connectivity index (χ1n) is 7.27. The van der Waals surface area contributed by atoms with E-state index in [1.165, 1.54) is 0 Å². The van der Waals surface area contributed by atoms with E-state index in [0.29, 0.717) is 12.6 Å². The Morgan fingerprint density at radius 3 is 2.71 bits per heavy atom. The van der Waals surface area contributed by atoms with E-state index in [9.17, 15) is 8.78 Å². The van der Waals surface area contributed by atoms with Gasteiger partial charge in [0.15, 0.2) is 0 Å². The van der Waals surface area contributed by atoms with Crippen LogP contribution in [0.15, 0.2) is 22.7 Å². The second kappa shape index (κ2) is 8.06. The number of piperidine rings is 1. The van der Waals surface area contributed by atoms with Gasteiger partial charge in [-0.1, -0.05) is 22.9 Å². The molecule has 1 aliphatic rings. The van der Waals surface area contributed by atoms with Crippen molar-refractivity contribution in [1.29, 1.82) is 0 Å². The van der Waals surface area contributed by atoms with Gasteiger partial charge in [-0.2, -0.15) is 8.78 Å². The molecule has 2 rings (SSSR count). The summed E-state index contributed by atoms with van der Waals surface area (Å²) >= 11 is 3.37. The Labute approximate surface area is 132 Å². The van der Waals surface area contributed by atoms with Crippen LogP contribution in [0.25, 0.3) is 0 Å². The maximum absolute atomic E-state index is 12.4. The standard InChI is InChI=1S/C15H21BrF2N2O/c1-2-20-7-5-13(6-8-20)19-10-11-9-12(16)3-4-14(11)21-15(17)18/h3-4,9,13,15,19H,2,5-8,10H2,1H3. The topological polar surface area (TPSA) is 24.5 Å². The van der Waals surface area contributed by atoms with E-state index >= 15 is 0 Å². The summed E-state index contributed by atoms with van der Waals surface area (Å²) in [5.41, 5.74) is 0.752. The molecule has 0 unspecified atom stereocenters. The molecule has 0 aliphatic carbocycles. The Balaban J connectivity index is 1.91. The smallest absolute Gasteiger partial charge is 0.387 e. The van der Waals surface area contributed by atoms with E-state index < -0.39 is 6.61 Å². The fourth-order valence-corrected chi connectivity index (χ4v) is 3.01. The van der Waals surface area contributed by atoms with E-state index in [1.54, 1.807) is 12.1 Å². The number of ether oxygens (including phenoxy) is 1. The molecule has 1 aromatic carbocycles. The van der Waals surface area contributed by atoms with Gasteiger partial charge in [-0.15, -0.1) is 0 Å². The first kappa shape index (κ1) is 16.6. The van der Waals surface area contributed by atoms with Crippen molar-refractivity contribution in [1.82, 2.24) is 10.2 Å². The Morgan fingerprint density at radius 1 is 1.38 bits per heavy atom. The number of benzene rings is 1. The molecule has 0 atom stereocenters. The highest BCUT2D eigenvalue weighted by Crippen LogP contribution is 2.25. The molecular formula is C15H21BrF2N2O. The number of likely N-dealkylation sites (tertiary alicyclic amines) is 1. The number of nitrogens with zero attached hydrogens (tertiary/aromatic N) is 1. The second-order valence-corrected chi connectivity index (χ2v) is 6.14. The van der Waals surface area contributed by atoms with Gasteiger partial charge in [0, 0.05) is 22.6 Å². The third-order valence-corrected chi connectivity index (χ3v) is 4.35. The van der Waals surface area contributed by atoms with Crippen molar-refractivity contribution in [2.24, 2.45) is 0 Å². The average molecular weight is 363 g/mol.